The normalized spacial score (nSPS) is 14.4. The molecule has 0 bridgehead atoms. The van der Waals surface area contributed by atoms with E-state index >= 15 is 0 Å². The summed E-state index contributed by atoms with van der Waals surface area (Å²) in [5, 5.41) is 11.8. The van der Waals surface area contributed by atoms with Crippen LogP contribution in [-0.4, -0.2) is 25.7 Å². The van der Waals surface area contributed by atoms with E-state index in [0.717, 1.165) is 12.8 Å². The van der Waals surface area contributed by atoms with Gasteiger partial charge in [-0.3, -0.25) is 4.79 Å². The minimum Gasteiger partial charge on any atom is -0.493 e. The van der Waals surface area contributed by atoms with Crippen LogP contribution in [0, 0.1) is 11.3 Å². The van der Waals surface area contributed by atoms with Crippen molar-refractivity contribution < 1.29 is 23.0 Å². The van der Waals surface area contributed by atoms with E-state index in [1.807, 2.05) is 0 Å². The van der Waals surface area contributed by atoms with Crippen LogP contribution in [0.2, 0.25) is 0 Å². The highest BCUT2D eigenvalue weighted by Crippen LogP contribution is 2.34. The van der Waals surface area contributed by atoms with Crippen molar-refractivity contribution in [1.82, 2.24) is 5.32 Å². The summed E-state index contributed by atoms with van der Waals surface area (Å²) in [6.45, 7) is -3.05. The van der Waals surface area contributed by atoms with E-state index in [0.29, 0.717) is 0 Å². The van der Waals surface area contributed by atoms with Gasteiger partial charge in [0.15, 0.2) is 11.5 Å². The highest BCUT2D eigenvalue weighted by atomic mass is 19.3. The topological polar surface area (TPSA) is 71.3 Å². The van der Waals surface area contributed by atoms with Crippen molar-refractivity contribution in [2.24, 2.45) is 0 Å². The summed E-state index contributed by atoms with van der Waals surface area (Å²) in [6, 6.07) is 6.32. The Bertz CT molecular complexity index is 634. The molecule has 1 amide bonds. The smallest absolute Gasteiger partial charge is 0.387 e. The Morgan fingerprint density at radius 1 is 1.50 bits per heavy atom. The number of methoxy groups -OCH3 is 1. The number of rotatable bonds is 6. The van der Waals surface area contributed by atoms with Gasteiger partial charge in [0.2, 0.25) is 0 Å². The zero-order valence-electron chi connectivity index (χ0n) is 11.8. The predicted octanol–water partition coefficient (Wildman–Crippen LogP) is 2.48. The van der Waals surface area contributed by atoms with E-state index in [4.69, 9.17) is 10.00 Å². The molecule has 1 aliphatic rings. The average Bonchev–Trinajstić information content (AvgIpc) is 3.29. The van der Waals surface area contributed by atoms with Crippen molar-refractivity contribution in [1.29, 1.82) is 5.26 Å². The number of nitrogens with zero attached hydrogens (tertiary/aromatic N) is 1. The number of para-hydroxylation sites is 1. The molecule has 0 aromatic heterocycles. The van der Waals surface area contributed by atoms with Crippen molar-refractivity contribution in [3.63, 3.8) is 0 Å². The lowest BCUT2D eigenvalue weighted by atomic mass is 10.1. The van der Waals surface area contributed by atoms with Gasteiger partial charge in [0.1, 0.15) is 11.6 Å². The summed E-state index contributed by atoms with van der Waals surface area (Å²) in [5.74, 6) is -0.656. The van der Waals surface area contributed by atoms with Gasteiger partial charge in [-0.15, -0.1) is 0 Å². The Kier molecular flexibility index (Phi) is 4.94. The molecule has 0 unspecified atom stereocenters. The SMILES string of the molecule is COc1cccc(/C=C(\C#N)C(=O)NC2CC2)c1OC(F)F. The quantitative estimate of drug-likeness (QED) is 0.647. The molecule has 0 radical (unpaired) electrons. The van der Waals surface area contributed by atoms with E-state index in [9.17, 15) is 13.6 Å². The number of amides is 1. The number of carbonyl (C=O) groups is 1. The minimum absolute atomic E-state index is 0.0892. The molecule has 1 N–H and O–H groups in total. The molecule has 0 atom stereocenters. The Morgan fingerprint density at radius 2 is 2.23 bits per heavy atom. The Hall–Kier alpha value is -2.62. The fourth-order valence-electron chi connectivity index (χ4n) is 1.82. The Morgan fingerprint density at radius 3 is 2.77 bits per heavy atom. The lowest BCUT2D eigenvalue weighted by Crippen LogP contribution is -2.26. The fourth-order valence-corrected chi connectivity index (χ4v) is 1.82. The molecular weight excluding hydrogens is 294 g/mol. The molecule has 116 valence electrons. The van der Waals surface area contributed by atoms with Crippen LogP contribution >= 0.6 is 0 Å². The van der Waals surface area contributed by atoms with Crippen molar-refractivity contribution in [3.05, 3.63) is 29.3 Å². The third-order valence-electron chi connectivity index (χ3n) is 3.01. The number of carbonyl (C=O) groups excluding carboxylic acids is 1. The number of alkyl halides is 2. The molecule has 1 aromatic carbocycles. The molecule has 1 saturated carbocycles. The summed E-state index contributed by atoms with van der Waals surface area (Å²) in [7, 11) is 1.31. The second-order valence-corrected chi connectivity index (χ2v) is 4.67. The summed E-state index contributed by atoms with van der Waals surface area (Å²) in [6.07, 6.45) is 2.96. The highest BCUT2D eigenvalue weighted by Gasteiger charge is 2.25. The molecule has 22 heavy (non-hydrogen) atoms. The second kappa shape index (κ2) is 6.89. The van der Waals surface area contributed by atoms with Gasteiger partial charge in [0.25, 0.3) is 5.91 Å². The van der Waals surface area contributed by atoms with Crippen molar-refractivity contribution in [2.45, 2.75) is 25.5 Å². The van der Waals surface area contributed by atoms with Crippen LogP contribution < -0.4 is 14.8 Å². The van der Waals surface area contributed by atoms with Gasteiger partial charge in [-0.05, 0) is 25.0 Å². The third-order valence-corrected chi connectivity index (χ3v) is 3.01. The number of ether oxygens (including phenoxy) is 2. The highest BCUT2D eigenvalue weighted by molar-refractivity contribution is 6.02. The zero-order valence-corrected chi connectivity index (χ0v) is 11.8. The fraction of sp³-hybridized carbons (Fsp3) is 0.333. The van der Waals surface area contributed by atoms with Crippen LogP contribution in [-0.2, 0) is 4.79 Å². The molecule has 1 fully saturated rings. The van der Waals surface area contributed by atoms with Crippen LogP contribution in [0.3, 0.4) is 0 Å². The number of hydrogen-bond donors (Lipinski definition) is 1. The van der Waals surface area contributed by atoms with E-state index < -0.39 is 12.5 Å². The number of nitriles is 1. The van der Waals surface area contributed by atoms with Gasteiger partial charge in [0, 0.05) is 11.6 Å². The third kappa shape index (κ3) is 3.95. The van der Waals surface area contributed by atoms with Crippen LogP contribution in [0.15, 0.2) is 23.8 Å². The molecule has 2 rings (SSSR count). The molecule has 7 heteroatoms. The lowest BCUT2D eigenvalue weighted by molar-refractivity contribution is -0.117. The standard InChI is InChI=1S/C15H14F2N2O3/c1-21-12-4-2-3-9(13(12)22-15(16)17)7-10(8-18)14(20)19-11-5-6-11/h2-4,7,11,15H,5-6H2,1H3,(H,19,20)/b10-7+. The number of benzene rings is 1. The van der Waals surface area contributed by atoms with Crippen LogP contribution in [0.25, 0.3) is 6.08 Å². The first-order valence-electron chi connectivity index (χ1n) is 6.59. The van der Waals surface area contributed by atoms with Crippen molar-refractivity contribution in [3.8, 4) is 17.6 Å². The maximum Gasteiger partial charge on any atom is 0.387 e. The molecule has 0 aliphatic heterocycles. The van der Waals surface area contributed by atoms with E-state index in [1.54, 1.807) is 12.1 Å². The summed E-state index contributed by atoms with van der Waals surface area (Å²) in [4.78, 5) is 11.9. The number of hydrogen-bond acceptors (Lipinski definition) is 4. The molecule has 1 aromatic rings. The first-order valence-corrected chi connectivity index (χ1v) is 6.59. The van der Waals surface area contributed by atoms with E-state index in [1.165, 1.54) is 25.3 Å². The van der Waals surface area contributed by atoms with Crippen molar-refractivity contribution >= 4 is 12.0 Å². The molecule has 0 spiro atoms. The molecule has 1 aliphatic carbocycles. The molecule has 0 saturated heterocycles. The van der Waals surface area contributed by atoms with Crippen molar-refractivity contribution in [2.75, 3.05) is 7.11 Å². The summed E-state index contributed by atoms with van der Waals surface area (Å²) < 4.78 is 34.5. The zero-order chi connectivity index (χ0) is 16.1. The monoisotopic (exact) mass is 308 g/mol. The first kappa shape index (κ1) is 15.8. The van der Waals surface area contributed by atoms with Gasteiger partial charge in [0.05, 0.1) is 7.11 Å². The van der Waals surface area contributed by atoms with Gasteiger partial charge in [-0.25, -0.2) is 0 Å². The van der Waals surface area contributed by atoms with E-state index in [2.05, 4.69) is 10.1 Å². The van der Waals surface area contributed by atoms with Gasteiger partial charge in [-0.1, -0.05) is 12.1 Å². The largest absolute Gasteiger partial charge is 0.493 e. The molecule has 0 heterocycles. The Labute approximate surface area is 126 Å². The van der Waals surface area contributed by atoms with Crippen LogP contribution in [0.5, 0.6) is 11.5 Å². The first-order chi connectivity index (χ1) is 10.5. The summed E-state index contributed by atoms with van der Waals surface area (Å²) >= 11 is 0. The van der Waals surface area contributed by atoms with Gasteiger partial charge < -0.3 is 14.8 Å². The number of halogens is 2. The minimum atomic E-state index is -3.05. The molecule has 5 nitrogen and oxygen atoms in total. The summed E-state index contributed by atoms with van der Waals surface area (Å²) in [5.41, 5.74) is -0.0126. The maximum atomic E-state index is 12.5. The maximum absolute atomic E-state index is 12.5. The lowest BCUT2D eigenvalue weighted by Gasteiger charge is -2.12. The van der Waals surface area contributed by atoms with Crippen LogP contribution in [0.1, 0.15) is 18.4 Å². The molecular formula is C15H14F2N2O3. The average molecular weight is 308 g/mol. The van der Waals surface area contributed by atoms with Gasteiger partial charge >= 0.3 is 6.61 Å². The van der Waals surface area contributed by atoms with Crippen LogP contribution in [0.4, 0.5) is 8.78 Å². The van der Waals surface area contributed by atoms with Gasteiger partial charge in [-0.2, -0.15) is 14.0 Å². The Balaban J connectivity index is 2.34. The van der Waals surface area contributed by atoms with E-state index in [-0.39, 0.29) is 28.7 Å². The number of nitrogens with one attached hydrogen (secondary N) is 1. The predicted molar refractivity (Wildman–Crippen MR) is 74.4 cm³/mol. The second-order valence-electron chi connectivity index (χ2n) is 4.67.